The van der Waals surface area contributed by atoms with Gasteiger partial charge in [-0.3, -0.25) is 0 Å². The van der Waals surface area contributed by atoms with Crippen LogP contribution in [0.5, 0.6) is 0 Å². The minimum Gasteiger partial charge on any atom is -0.407 e. The molecule has 0 radical (unpaired) electrons. The molecule has 1 heterocycles. The Balaban J connectivity index is 1.81. The molecule has 0 amide bonds. The molecule has 1 aromatic carbocycles. The highest BCUT2D eigenvalue weighted by Gasteiger charge is 2.03. The van der Waals surface area contributed by atoms with E-state index in [1.54, 1.807) is 0 Å². The average molecular weight is 246 g/mol. The van der Waals surface area contributed by atoms with Gasteiger partial charge in [0.2, 0.25) is 5.89 Å². The van der Waals surface area contributed by atoms with Crippen LogP contribution in [-0.4, -0.2) is 23.8 Å². The lowest BCUT2D eigenvalue weighted by Gasteiger charge is -2.02. The van der Waals surface area contributed by atoms with Crippen LogP contribution in [-0.2, 0) is 13.0 Å². The van der Waals surface area contributed by atoms with Crippen LogP contribution in [0.1, 0.15) is 17.0 Å². The van der Waals surface area contributed by atoms with Crippen molar-refractivity contribution in [2.24, 2.45) is 0 Å². The standard InChI is InChI=1S/C13H18N4O/c1-10-4-3-5-11(8-10)6-7-15-13-17-16-12(18-13)9-14-2/h3-5,8,14H,6-7,9H2,1-2H3,(H,15,17). The van der Waals surface area contributed by atoms with Gasteiger partial charge in [-0.15, -0.1) is 5.10 Å². The van der Waals surface area contributed by atoms with E-state index < -0.39 is 0 Å². The summed E-state index contributed by atoms with van der Waals surface area (Å²) in [4.78, 5) is 0. The van der Waals surface area contributed by atoms with Crippen molar-refractivity contribution in [3.63, 3.8) is 0 Å². The summed E-state index contributed by atoms with van der Waals surface area (Å²) in [7, 11) is 1.84. The number of nitrogens with one attached hydrogen (secondary N) is 2. The zero-order valence-corrected chi connectivity index (χ0v) is 10.7. The van der Waals surface area contributed by atoms with E-state index in [-0.39, 0.29) is 0 Å². The summed E-state index contributed by atoms with van der Waals surface area (Å²) in [5.74, 6) is 0.593. The fourth-order valence-corrected chi connectivity index (χ4v) is 1.73. The second-order valence-corrected chi connectivity index (χ2v) is 4.20. The van der Waals surface area contributed by atoms with Gasteiger partial charge in [0.05, 0.1) is 6.54 Å². The molecule has 0 atom stereocenters. The van der Waals surface area contributed by atoms with Crippen LogP contribution in [0.3, 0.4) is 0 Å². The van der Waals surface area contributed by atoms with Crippen molar-refractivity contribution >= 4 is 6.01 Å². The van der Waals surface area contributed by atoms with E-state index >= 15 is 0 Å². The third kappa shape index (κ3) is 3.56. The third-order valence-corrected chi connectivity index (χ3v) is 2.57. The number of rotatable bonds is 6. The smallest absolute Gasteiger partial charge is 0.315 e. The quantitative estimate of drug-likeness (QED) is 0.813. The molecule has 5 heteroatoms. The molecule has 0 aliphatic carbocycles. The molecule has 0 fully saturated rings. The lowest BCUT2D eigenvalue weighted by molar-refractivity contribution is 0.489. The third-order valence-electron chi connectivity index (χ3n) is 2.57. The predicted molar refractivity (Wildman–Crippen MR) is 70.4 cm³/mol. The number of hydrogen-bond acceptors (Lipinski definition) is 5. The van der Waals surface area contributed by atoms with Gasteiger partial charge in [0.25, 0.3) is 0 Å². The van der Waals surface area contributed by atoms with E-state index in [0.717, 1.165) is 13.0 Å². The molecular formula is C13H18N4O. The number of benzene rings is 1. The number of aromatic nitrogens is 2. The number of hydrogen-bond donors (Lipinski definition) is 2. The Kier molecular flexibility index (Phi) is 4.30. The van der Waals surface area contributed by atoms with Gasteiger partial charge in [-0.25, -0.2) is 0 Å². The Morgan fingerprint density at radius 3 is 2.94 bits per heavy atom. The summed E-state index contributed by atoms with van der Waals surface area (Å²) in [6.07, 6.45) is 0.936. The van der Waals surface area contributed by atoms with Gasteiger partial charge in [-0.1, -0.05) is 34.9 Å². The van der Waals surface area contributed by atoms with Crippen molar-refractivity contribution in [3.05, 3.63) is 41.3 Å². The minimum absolute atomic E-state index is 0.480. The molecule has 0 aliphatic heterocycles. The van der Waals surface area contributed by atoms with Gasteiger partial charge >= 0.3 is 6.01 Å². The lowest BCUT2D eigenvalue weighted by Crippen LogP contribution is -2.05. The van der Waals surface area contributed by atoms with Crippen molar-refractivity contribution in [1.29, 1.82) is 0 Å². The fraction of sp³-hybridized carbons (Fsp3) is 0.385. The first-order valence-electron chi connectivity index (χ1n) is 6.04. The molecule has 0 saturated carbocycles. The number of nitrogens with zero attached hydrogens (tertiary/aromatic N) is 2. The minimum atomic E-state index is 0.480. The zero-order valence-electron chi connectivity index (χ0n) is 10.7. The van der Waals surface area contributed by atoms with E-state index in [4.69, 9.17) is 4.42 Å². The van der Waals surface area contributed by atoms with Crippen LogP contribution >= 0.6 is 0 Å². The largest absolute Gasteiger partial charge is 0.407 e. The highest BCUT2D eigenvalue weighted by Crippen LogP contribution is 2.07. The van der Waals surface area contributed by atoms with Crippen molar-refractivity contribution in [3.8, 4) is 0 Å². The van der Waals surface area contributed by atoms with Gasteiger partial charge in [0, 0.05) is 6.54 Å². The van der Waals surface area contributed by atoms with Crippen LogP contribution in [0.2, 0.25) is 0 Å². The highest BCUT2D eigenvalue weighted by molar-refractivity contribution is 5.24. The Bertz CT molecular complexity index is 495. The van der Waals surface area contributed by atoms with Gasteiger partial charge in [0.1, 0.15) is 0 Å². The topological polar surface area (TPSA) is 63.0 Å². The second kappa shape index (κ2) is 6.16. The highest BCUT2D eigenvalue weighted by atomic mass is 16.4. The normalized spacial score (nSPS) is 10.6. The molecule has 2 aromatic rings. The second-order valence-electron chi connectivity index (χ2n) is 4.20. The maximum absolute atomic E-state index is 5.39. The molecule has 1 aromatic heterocycles. The van der Waals surface area contributed by atoms with Crippen molar-refractivity contribution in [2.45, 2.75) is 19.9 Å². The van der Waals surface area contributed by atoms with Crippen molar-refractivity contribution < 1.29 is 4.42 Å². The van der Waals surface area contributed by atoms with Gasteiger partial charge in [-0.2, -0.15) is 0 Å². The summed E-state index contributed by atoms with van der Waals surface area (Å²) in [6, 6.07) is 8.95. The van der Waals surface area contributed by atoms with Crippen molar-refractivity contribution in [2.75, 3.05) is 18.9 Å². The van der Waals surface area contributed by atoms with E-state index in [2.05, 4.69) is 52.0 Å². The summed E-state index contributed by atoms with van der Waals surface area (Å²) in [5, 5.41) is 13.9. The first-order valence-corrected chi connectivity index (χ1v) is 6.04. The lowest BCUT2D eigenvalue weighted by atomic mass is 10.1. The molecule has 2 N–H and O–H groups in total. The summed E-state index contributed by atoms with van der Waals surface area (Å²) in [6.45, 7) is 3.47. The maximum atomic E-state index is 5.39. The predicted octanol–water partition coefficient (Wildman–Crippen LogP) is 1.75. The van der Waals surface area contributed by atoms with Gasteiger partial charge in [0.15, 0.2) is 0 Å². The number of anilines is 1. The van der Waals surface area contributed by atoms with E-state index in [9.17, 15) is 0 Å². The Labute approximate surface area is 107 Å². The molecule has 2 rings (SSSR count). The monoisotopic (exact) mass is 246 g/mol. The Hall–Kier alpha value is -1.88. The zero-order chi connectivity index (χ0) is 12.8. The maximum Gasteiger partial charge on any atom is 0.315 e. The average Bonchev–Trinajstić information content (AvgIpc) is 2.78. The molecule has 96 valence electrons. The molecule has 0 bridgehead atoms. The van der Waals surface area contributed by atoms with Crippen LogP contribution in [0, 0.1) is 6.92 Å². The van der Waals surface area contributed by atoms with E-state index in [1.165, 1.54) is 11.1 Å². The summed E-state index contributed by atoms with van der Waals surface area (Å²) >= 11 is 0. The molecule has 0 spiro atoms. The van der Waals surface area contributed by atoms with E-state index in [1.807, 2.05) is 7.05 Å². The Morgan fingerprint density at radius 2 is 2.17 bits per heavy atom. The van der Waals surface area contributed by atoms with E-state index in [0.29, 0.717) is 18.5 Å². The van der Waals surface area contributed by atoms with Crippen LogP contribution in [0.25, 0.3) is 0 Å². The summed E-state index contributed by atoms with van der Waals surface area (Å²) < 4.78 is 5.39. The number of aryl methyl sites for hydroxylation is 1. The van der Waals surface area contributed by atoms with Gasteiger partial charge < -0.3 is 15.1 Å². The van der Waals surface area contributed by atoms with Crippen LogP contribution in [0.15, 0.2) is 28.7 Å². The van der Waals surface area contributed by atoms with Crippen LogP contribution in [0.4, 0.5) is 6.01 Å². The SMILES string of the molecule is CNCc1nnc(NCCc2cccc(C)c2)o1. The molecular weight excluding hydrogens is 228 g/mol. The Morgan fingerprint density at radius 1 is 1.28 bits per heavy atom. The fourth-order valence-electron chi connectivity index (χ4n) is 1.73. The molecule has 5 nitrogen and oxygen atoms in total. The summed E-state index contributed by atoms with van der Waals surface area (Å²) in [5.41, 5.74) is 2.58. The first kappa shape index (κ1) is 12.6. The van der Waals surface area contributed by atoms with Gasteiger partial charge in [-0.05, 0) is 26.0 Å². The van der Waals surface area contributed by atoms with Crippen molar-refractivity contribution in [1.82, 2.24) is 15.5 Å². The van der Waals surface area contributed by atoms with Crippen LogP contribution < -0.4 is 10.6 Å². The molecule has 0 unspecified atom stereocenters. The molecule has 0 saturated heterocycles. The first-order chi connectivity index (χ1) is 8.78. The molecule has 0 aliphatic rings. The molecule has 18 heavy (non-hydrogen) atoms.